The number of rotatable bonds is 3. The van der Waals surface area contributed by atoms with Gasteiger partial charge in [0, 0.05) is 0 Å². The molecule has 21 heavy (non-hydrogen) atoms. The fourth-order valence-electron chi connectivity index (χ4n) is 0. The molecule has 0 aromatic heterocycles. The number of nitrogens with one attached hydrogen (secondary N) is 6. The van der Waals surface area contributed by atoms with Crippen LogP contribution in [0.3, 0.4) is 0 Å². The molecule has 0 fully saturated rings. The Morgan fingerprint density at radius 2 is 0.810 bits per heavy atom. The maximum absolute atomic E-state index is 8.60. The van der Waals surface area contributed by atoms with Gasteiger partial charge in [-0.15, -0.1) is 0 Å². The molecule has 0 rings (SSSR count). The third kappa shape index (κ3) is 159. The minimum atomic E-state index is -4.69. The first-order chi connectivity index (χ1) is 8.81. The molecule has 0 amide bonds. The van der Waals surface area contributed by atoms with Gasteiger partial charge in [-0.3, -0.25) is 0 Å². The van der Waals surface area contributed by atoms with E-state index in [4.69, 9.17) is 53.0 Å². The van der Waals surface area contributed by atoms with Crippen LogP contribution in [0, 0.1) is 10.2 Å². The van der Waals surface area contributed by atoms with Crippen molar-refractivity contribution in [2.45, 2.75) is 38.9 Å². The molecule has 0 bridgehead atoms. The zero-order valence-electron chi connectivity index (χ0n) is 12.6. The van der Waals surface area contributed by atoms with E-state index in [1.807, 2.05) is 0 Å². The molecule has 7 N–H and O–H groups in total. The molecule has 3 unspecified atom stereocenters. The van der Waals surface area contributed by atoms with Crippen molar-refractivity contribution in [3.05, 3.63) is 34.4 Å². The van der Waals surface area contributed by atoms with E-state index < -0.39 is 10.2 Å². The van der Waals surface area contributed by atoms with Crippen LogP contribution in [0.4, 0.5) is 0 Å². The van der Waals surface area contributed by atoms with E-state index >= 15 is 0 Å². The fraction of sp³-hybridized carbons (Fsp3) is 1.00. The Bertz CT molecular complexity index is 150. The Kier molecular flexibility index (Phi) is 36.7. The van der Waals surface area contributed by atoms with Crippen molar-refractivity contribution >= 4 is 0 Å². The quantitative estimate of drug-likeness (QED) is 0.624. The maximum atomic E-state index is 8.60. The Hall–Kier alpha value is 0.812. The summed E-state index contributed by atoms with van der Waals surface area (Å²) in [6.07, 6.45) is 0. The first kappa shape index (κ1) is 33.4. The van der Waals surface area contributed by atoms with Gasteiger partial charge >= 0.3 is 27.3 Å². The molecule has 128 valence electrons. The van der Waals surface area contributed by atoms with Crippen molar-refractivity contribution in [2.24, 2.45) is 0 Å². The van der Waals surface area contributed by atoms with Gasteiger partial charge in [0.25, 0.3) is 0 Å². The summed E-state index contributed by atoms with van der Waals surface area (Å²) in [6, 6.07) is -0.597. The van der Waals surface area contributed by atoms with Gasteiger partial charge in [0.2, 0.25) is 0 Å². The van der Waals surface area contributed by atoms with Crippen LogP contribution in [0.5, 0.6) is 0 Å². The standard InChI is InChI=1S/3C3H8N2.Cd.ClHO4/c3*1-3(5)2-4;;2-1(3,4)5/h3*3-5H,2H2,1H3;;(H,2,3,4,5)/q3*-2;+2;. The van der Waals surface area contributed by atoms with Gasteiger partial charge in [0.05, 0.1) is 14.9 Å². The van der Waals surface area contributed by atoms with Crippen molar-refractivity contribution in [1.82, 2.24) is 0 Å². The van der Waals surface area contributed by atoms with Crippen LogP contribution in [-0.2, 0) is 27.3 Å². The molecule has 12 heteroatoms. The van der Waals surface area contributed by atoms with E-state index in [-0.39, 0.29) is 65.1 Å². The second-order valence-corrected chi connectivity index (χ2v) is 4.50. The minimum absolute atomic E-state index is 0. The van der Waals surface area contributed by atoms with Crippen molar-refractivity contribution in [1.29, 1.82) is 0 Å². The van der Waals surface area contributed by atoms with E-state index in [0.29, 0.717) is 0 Å². The fourth-order valence-corrected chi connectivity index (χ4v) is 0. The third-order valence-electron chi connectivity index (χ3n) is 0.919. The van der Waals surface area contributed by atoms with Crippen molar-refractivity contribution in [2.75, 3.05) is 19.6 Å². The summed E-state index contributed by atoms with van der Waals surface area (Å²) in [4.78, 5) is 0. The molecular weight excluding hydrogens is 404 g/mol. The second-order valence-electron chi connectivity index (χ2n) is 3.71. The van der Waals surface area contributed by atoms with Gasteiger partial charge in [0.1, 0.15) is 0 Å². The normalized spacial score (nSPS) is 13.6. The zero-order valence-corrected chi connectivity index (χ0v) is 17.4. The van der Waals surface area contributed by atoms with Crippen molar-refractivity contribution in [3.8, 4) is 0 Å². The molecule has 3 atom stereocenters. The van der Waals surface area contributed by atoms with Crippen LogP contribution < -0.4 is 14.0 Å². The van der Waals surface area contributed by atoms with E-state index in [0.717, 1.165) is 0 Å². The predicted octanol–water partition coefficient (Wildman–Crippen LogP) is 0.311. The Morgan fingerprint density at radius 3 is 0.810 bits per heavy atom. The van der Waals surface area contributed by atoms with Gasteiger partial charge in [-0.05, 0) is 0 Å². The Morgan fingerprint density at radius 1 is 0.762 bits per heavy atom. The van der Waals surface area contributed by atoms with Crippen molar-refractivity contribution in [3.63, 3.8) is 0 Å². The average molecular weight is 429 g/mol. The molecule has 0 radical (unpaired) electrons. The molecule has 0 aliphatic heterocycles. The summed E-state index contributed by atoms with van der Waals surface area (Å²) >= 11 is 0. The first-order valence-corrected chi connectivity index (χ1v) is 6.78. The topological polar surface area (TPSA) is 232 Å². The molecule has 10 nitrogen and oxygen atoms in total. The molecule has 0 aliphatic rings. The Labute approximate surface area is 149 Å². The molecule has 0 aromatic carbocycles. The van der Waals surface area contributed by atoms with E-state index in [9.17, 15) is 0 Å². The van der Waals surface area contributed by atoms with Gasteiger partial charge in [-0.25, -0.2) is 0 Å². The predicted molar refractivity (Wildman–Crippen MR) is 71.1 cm³/mol. The van der Waals surface area contributed by atoms with Gasteiger partial charge in [-0.2, -0.15) is 51.7 Å². The summed E-state index contributed by atoms with van der Waals surface area (Å²) < 4.78 is 32.7. The smallest absolute Gasteiger partial charge is 0.679 e. The second kappa shape index (κ2) is 23.1. The van der Waals surface area contributed by atoms with Crippen LogP contribution in [0.2, 0.25) is 0 Å². The SMILES string of the molecule is CC([NH-])C[NH-].CC([NH-])C[NH-].CC([NH-])C[NH-].[Cd+2].[O-][Cl+3]([O-])([O-])O. The monoisotopic (exact) mass is 430 g/mol. The summed E-state index contributed by atoms with van der Waals surface area (Å²) in [5, 5.41) is 0. The summed E-state index contributed by atoms with van der Waals surface area (Å²) in [7, 11) is -4.69. The number of hydrogen-bond donors (Lipinski definition) is 1. The van der Waals surface area contributed by atoms with Crippen molar-refractivity contribution < 1.29 is 56.2 Å². The van der Waals surface area contributed by atoms with Crippen LogP contribution in [0.25, 0.3) is 34.4 Å². The summed E-state index contributed by atoms with van der Waals surface area (Å²) in [5.41, 5.74) is 39.3. The molecule has 0 aromatic rings. The van der Waals surface area contributed by atoms with Gasteiger partial charge in [0.15, 0.2) is 0 Å². The van der Waals surface area contributed by atoms with Crippen LogP contribution >= 0.6 is 0 Å². The summed E-state index contributed by atoms with van der Waals surface area (Å²) in [6.45, 7) is 5.77. The minimum Gasteiger partial charge on any atom is -0.679 e. The van der Waals surface area contributed by atoms with E-state index in [1.165, 1.54) is 0 Å². The Balaban J connectivity index is -0.0000000533. The molecule has 0 heterocycles. The van der Waals surface area contributed by atoms with Crippen LogP contribution in [0.15, 0.2) is 0 Å². The average Bonchev–Trinajstić information content (AvgIpc) is 2.28. The summed E-state index contributed by atoms with van der Waals surface area (Å²) in [5.74, 6) is 0. The number of hydrogen-bond acceptors (Lipinski definition) is 4. The first-order valence-electron chi connectivity index (χ1n) is 5.52. The molecule has 0 spiro atoms. The van der Waals surface area contributed by atoms with Gasteiger partial charge in [-0.1, -0.05) is 20.8 Å². The number of halogens is 1. The molecular formula is C9H25CdClN6O4-4. The van der Waals surface area contributed by atoms with E-state index in [2.05, 4.69) is 0 Å². The molecule has 0 aliphatic carbocycles. The molecule has 0 saturated carbocycles. The molecule has 0 saturated heterocycles. The third-order valence-corrected chi connectivity index (χ3v) is 0.919. The maximum Gasteiger partial charge on any atom is 2.00 e. The largest absolute Gasteiger partial charge is 2.00 e. The van der Waals surface area contributed by atoms with Crippen LogP contribution in [0.1, 0.15) is 20.8 Å². The zero-order chi connectivity index (χ0) is 17.4. The van der Waals surface area contributed by atoms with Crippen LogP contribution in [-0.4, -0.2) is 42.4 Å². The van der Waals surface area contributed by atoms with E-state index in [1.54, 1.807) is 20.8 Å². The van der Waals surface area contributed by atoms with Gasteiger partial charge < -0.3 is 34.4 Å².